The molecule has 0 aromatic heterocycles. The van der Waals surface area contributed by atoms with Gasteiger partial charge in [0, 0.05) is 19.2 Å². The lowest BCUT2D eigenvalue weighted by atomic mass is 9.91. The molecule has 2 rings (SSSR count). The van der Waals surface area contributed by atoms with E-state index in [1.165, 1.54) is 25.7 Å². The van der Waals surface area contributed by atoms with Crippen LogP contribution in [0.2, 0.25) is 0 Å². The van der Waals surface area contributed by atoms with Gasteiger partial charge in [-0.1, -0.05) is 6.92 Å². The van der Waals surface area contributed by atoms with Crippen molar-refractivity contribution in [2.75, 3.05) is 19.7 Å². The summed E-state index contributed by atoms with van der Waals surface area (Å²) in [5.74, 6) is 0. The van der Waals surface area contributed by atoms with Crippen molar-refractivity contribution in [3.63, 3.8) is 0 Å². The standard InChI is InChI=1S/C13H25NO2/c1-2-14(10-13-7-4-8-16-13)11-5-3-6-12(15)9-11/h11-13,15H,2-10H2,1H3. The Labute approximate surface area is 98.8 Å². The molecule has 0 aromatic carbocycles. The van der Waals surface area contributed by atoms with Gasteiger partial charge in [-0.3, -0.25) is 4.90 Å². The molecule has 3 heteroatoms. The largest absolute Gasteiger partial charge is 0.393 e. The van der Waals surface area contributed by atoms with Crippen molar-refractivity contribution < 1.29 is 9.84 Å². The van der Waals surface area contributed by atoms with E-state index in [4.69, 9.17) is 4.74 Å². The fourth-order valence-electron chi connectivity index (χ4n) is 3.06. The van der Waals surface area contributed by atoms with Gasteiger partial charge in [0.25, 0.3) is 0 Å². The van der Waals surface area contributed by atoms with E-state index in [-0.39, 0.29) is 6.10 Å². The predicted octanol–water partition coefficient (Wildman–Crippen LogP) is 1.79. The molecule has 0 radical (unpaired) electrons. The SMILES string of the molecule is CCN(CC1CCCO1)C1CCCC(O)C1. The number of nitrogens with zero attached hydrogens (tertiary/aromatic N) is 1. The number of rotatable bonds is 4. The van der Waals surface area contributed by atoms with E-state index < -0.39 is 0 Å². The fraction of sp³-hybridized carbons (Fsp3) is 1.00. The molecule has 0 spiro atoms. The van der Waals surface area contributed by atoms with Crippen LogP contribution in [0, 0.1) is 0 Å². The first-order valence-corrected chi connectivity index (χ1v) is 6.83. The van der Waals surface area contributed by atoms with Gasteiger partial charge in [0.2, 0.25) is 0 Å². The topological polar surface area (TPSA) is 32.7 Å². The minimum Gasteiger partial charge on any atom is -0.393 e. The first kappa shape index (κ1) is 12.3. The Kier molecular flexibility index (Phi) is 4.62. The number of aliphatic hydroxyl groups is 1. The third kappa shape index (κ3) is 3.19. The van der Waals surface area contributed by atoms with Crippen LogP contribution in [-0.2, 0) is 4.74 Å². The van der Waals surface area contributed by atoms with E-state index in [0.29, 0.717) is 12.1 Å². The summed E-state index contributed by atoms with van der Waals surface area (Å²) >= 11 is 0. The van der Waals surface area contributed by atoms with Crippen molar-refractivity contribution in [3.05, 3.63) is 0 Å². The zero-order chi connectivity index (χ0) is 11.4. The number of hydrogen-bond acceptors (Lipinski definition) is 3. The number of likely N-dealkylation sites (N-methyl/N-ethyl adjacent to an activating group) is 1. The maximum Gasteiger partial charge on any atom is 0.0702 e. The van der Waals surface area contributed by atoms with Crippen molar-refractivity contribution >= 4 is 0 Å². The fourth-order valence-corrected chi connectivity index (χ4v) is 3.06. The van der Waals surface area contributed by atoms with Crippen LogP contribution < -0.4 is 0 Å². The van der Waals surface area contributed by atoms with Crippen LogP contribution in [0.15, 0.2) is 0 Å². The molecule has 0 aromatic rings. The van der Waals surface area contributed by atoms with Crippen molar-refractivity contribution in [3.8, 4) is 0 Å². The van der Waals surface area contributed by atoms with Crippen LogP contribution in [0.4, 0.5) is 0 Å². The molecule has 2 aliphatic rings. The average molecular weight is 227 g/mol. The predicted molar refractivity (Wildman–Crippen MR) is 64.5 cm³/mol. The minimum atomic E-state index is -0.0719. The van der Waals surface area contributed by atoms with Gasteiger partial charge in [-0.05, 0) is 45.1 Å². The summed E-state index contributed by atoms with van der Waals surface area (Å²) in [5, 5.41) is 9.73. The molecule has 3 atom stereocenters. The molecule has 1 heterocycles. The lowest BCUT2D eigenvalue weighted by Crippen LogP contribution is -2.43. The summed E-state index contributed by atoms with van der Waals surface area (Å²) in [6.45, 7) is 5.30. The third-order valence-electron chi connectivity index (χ3n) is 4.00. The van der Waals surface area contributed by atoms with Crippen molar-refractivity contribution in [1.82, 2.24) is 4.90 Å². The smallest absolute Gasteiger partial charge is 0.0702 e. The highest BCUT2D eigenvalue weighted by Crippen LogP contribution is 2.24. The zero-order valence-corrected chi connectivity index (χ0v) is 10.4. The molecule has 3 nitrogen and oxygen atoms in total. The molecule has 0 amide bonds. The highest BCUT2D eigenvalue weighted by Gasteiger charge is 2.27. The summed E-state index contributed by atoms with van der Waals surface area (Å²) in [5.41, 5.74) is 0. The van der Waals surface area contributed by atoms with Gasteiger partial charge < -0.3 is 9.84 Å². The second kappa shape index (κ2) is 5.99. The Bertz CT molecular complexity index is 204. The molecule has 0 bridgehead atoms. The van der Waals surface area contributed by atoms with E-state index in [0.717, 1.165) is 32.5 Å². The Morgan fingerprint density at radius 1 is 1.25 bits per heavy atom. The summed E-state index contributed by atoms with van der Waals surface area (Å²) in [4.78, 5) is 2.51. The van der Waals surface area contributed by atoms with E-state index in [1.54, 1.807) is 0 Å². The summed E-state index contributed by atoms with van der Waals surface area (Å²) in [7, 11) is 0. The molecule has 94 valence electrons. The van der Waals surface area contributed by atoms with E-state index >= 15 is 0 Å². The molecule has 16 heavy (non-hydrogen) atoms. The molecule has 1 aliphatic carbocycles. The van der Waals surface area contributed by atoms with Gasteiger partial charge in [0.05, 0.1) is 12.2 Å². The molecule has 1 N–H and O–H groups in total. The Morgan fingerprint density at radius 2 is 2.12 bits per heavy atom. The molecule has 1 saturated heterocycles. The second-order valence-corrected chi connectivity index (χ2v) is 5.20. The van der Waals surface area contributed by atoms with E-state index in [2.05, 4.69) is 11.8 Å². The van der Waals surface area contributed by atoms with Crippen LogP contribution in [-0.4, -0.2) is 48.0 Å². The van der Waals surface area contributed by atoms with Crippen LogP contribution in [0.1, 0.15) is 45.4 Å². The third-order valence-corrected chi connectivity index (χ3v) is 4.00. The van der Waals surface area contributed by atoms with Gasteiger partial charge in [0.15, 0.2) is 0 Å². The summed E-state index contributed by atoms with van der Waals surface area (Å²) in [6, 6.07) is 0.581. The first-order chi connectivity index (χ1) is 7.79. The van der Waals surface area contributed by atoms with Crippen LogP contribution in [0.25, 0.3) is 0 Å². The van der Waals surface area contributed by atoms with Crippen molar-refractivity contribution in [2.45, 2.75) is 63.7 Å². The Balaban J connectivity index is 1.82. The van der Waals surface area contributed by atoms with Crippen LogP contribution >= 0.6 is 0 Å². The lowest BCUT2D eigenvalue weighted by Gasteiger charge is -2.36. The van der Waals surface area contributed by atoms with Gasteiger partial charge in [-0.15, -0.1) is 0 Å². The monoisotopic (exact) mass is 227 g/mol. The summed E-state index contributed by atoms with van der Waals surface area (Å²) in [6.07, 6.45) is 7.18. The van der Waals surface area contributed by atoms with E-state index in [9.17, 15) is 5.11 Å². The lowest BCUT2D eigenvalue weighted by molar-refractivity contribution is 0.0253. The van der Waals surface area contributed by atoms with Crippen LogP contribution in [0.5, 0.6) is 0 Å². The molecule has 1 saturated carbocycles. The summed E-state index contributed by atoms with van der Waals surface area (Å²) < 4.78 is 5.70. The number of ether oxygens (including phenoxy) is 1. The average Bonchev–Trinajstić information content (AvgIpc) is 2.78. The molecule has 1 aliphatic heterocycles. The van der Waals surface area contributed by atoms with Crippen LogP contribution in [0.3, 0.4) is 0 Å². The van der Waals surface area contributed by atoms with Gasteiger partial charge >= 0.3 is 0 Å². The van der Waals surface area contributed by atoms with Gasteiger partial charge in [0.1, 0.15) is 0 Å². The van der Waals surface area contributed by atoms with Gasteiger partial charge in [-0.25, -0.2) is 0 Å². The molecular formula is C13H25NO2. The molecular weight excluding hydrogens is 202 g/mol. The number of hydrogen-bond donors (Lipinski definition) is 1. The Hall–Kier alpha value is -0.120. The normalized spacial score (nSPS) is 35.8. The highest BCUT2D eigenvalue weighted by molar-refractivity contribution is 4.82. The first-order valence-electron chi connectivity index (χ1n) is 6.83. The van der Waals surface area contributed by atoms with Gasteiger partial charge in [-0.2, -0.15) is 0 Å². The quantitative estimate of drug-likeness (QED) is 0.795. The highest BCUT2D eigenvalue weighted by atomic mass is 16.5. The van der Waals surface area contributed by atoms with Crippen molar-refractivity contribution in [2.24, 2.45) is 0 Å². The zero-order valence-electron chi connectivity index (χ0n) is 10.4. The maximum absolute atomic E-state index is 9.73. The number of aliphatic hydroxyl groups excluding tert-OH is 1. The molecule has 2 fully saturated rings. The Morgan fingerprint density at radius 3 is 2.75 bits per heavy atom. The molecule has 3 unspecified atom stereocenters. The second-order valence-electron chi connectivity index (χ2n) is 5.20. The maximum atomic E-state index is 9.73. The van der Waals surface area contributed by atoms with E-state index in [1.807, 2.05) is 0 Å². The minimum absolute atomic E-state index is 0.0719. The van der Waals surface area contributed by atoms with Crippen molar-refractivity contribution in [1.29, 1.82) is 0 Å².